The van der Waals surface area contributed by atoms with Gasteiger partial charge in [-0.25, -0.2) is 0 Å². The molecule has 3 nitrogen and oxygen atoms in total. The standard InChI is InChI=1S/C17H23NO2/c1-13-5-3-6-14(11-13)17(7-4-8-17)15(19)18-10-9-16(2,20)12-18/h3,5-6,11,20H,4,7-10,12H2,1-2H3. The Kier molecular flexibility index (Phi) is 3.13. The lowest BCUT2D eigenvalue weighted by molar-refractivity contribution is -0.140. The van der Waals surface area contributed by atoms with Gasteiger partial charge in [0.2, 0.25) is 5.91 Å². The van der Waals surface area contributed by atoms with E-state index in [9.17, 15) is 9.90 Å². The van der Waals surface area contributed by atoms with Crippen molar-refractivity contribution in [2.75, 3.05) is 13.1 Å². The summed E-state index contributed by atoms with van der Waals surface area (Å²) >= 11 is 0. The van der Waals surface area contributed by atoms with Crippen LogP contribution in [0.2, 0.25) is 0 Å². The van der Waals surface area contributed by atoms with Gasteiger partial charge in [-0.2, -0.15) is 0 Å². The number of benzene rings is 1. The van der Waals surface area contributed by atoms with E-state index in [1.165, 1.54) is 5.56 Å². The van der Waals surface area contributed by atoms with E-state index in [0.29, 0.717) is 19.5 Å². The number of carbonyl (C=O) groups is 1. The smallest absolute Gasteiger partial charge is 0.233 e. The molecule has 1 aromatic rings. The Morgan fingerprint density at radius 2 is 2.05 bits per heavy atom. The van der Waals surface area contributed by atoms with Gasteiger partial charge < -0.3 is 10.0 Å². The number of carbonyl (C=O) groups excluding carboxylic acids is 1. The van der Waals surface area contributed by atoms with Gasteiger partial charge in [0.15, 0.2) is 0 Å². The van der Waals surface area contributed by atoms with Crippen molar-refractivity contribution < 1.29 is 9.90 Å². The summed E-state index contributed by atoms with van der Waals surface area (Å²) < 4.78 is 0. The Morgan fingerprint density at radius 1 is 1.30 bits per heavy atom. The number of likely N-dealkylation sites (tertiary alicyclic amines) is 1. The zero-order valence-corrected chi connectivity index (χ0v) is 12.4. The molecule has 1 aliphatic carbocycles. The van der Waals surface area contributed by atoms with Crippen LogP contribution in [0, 0.1) is 6.92 Å². The second kappa shape index (κ2) is 4.59. The van der Waals surface area contributed by atoms with Crippen LogP contribution in [0.3, 0.4) is 0 Å². The molecule has 3 heteroatoms. The third-order valence-corrected chi connectivity index (χ3v) is 4.93. The summed E-state index contributed by atoms with van der Waals surface area (Å²) in [5, 5.41) is 10.1. The Bertz CT molecular complexity index is 532. The third kappa shape index (κ3) is 2.14. The first kappa shape index (κ1) is 13.6. The molecule has 1 saturated heterocycles. The van der Waals surface area contributed by atoms with Crippen LogP contribution in [-0.4, -0.2) is 34.6 Å². The van der Waals surface area contributed by atoms with Gasteiger partial charge in [0, 0.05) is 13.1 Å². The minimum atomic E-state index is -0.715. The average Bonchev–Trinajstić information content (AvgIpc) is 2.68. The van der Waals surface area contributed by atoms with Crippen molar-refractivity contribution in [2.24, 2.45) is 0 Å². The first-order valence-electron chi connectivity index (χ1n) is 7.52. The molecule has 1 atom stereocenters. The number of hydrogen-bond acceptors (Lipinski definition) is 2. The van der Waals surface area contributed by atoms with Crippen molar-refractivity contribution in [2.45, 2.75) is 50.5 Å². The van der Waals surface area contributed by atoms with E-state index < -0.39 is 5.60 Å². The highest BCUT2D eigenvalue weighted by Gasteiger charge is 2.49. The van der Waals surface area contributed by atoms with Gasteiger partial charge in [0.1, 0.15) is 0 Å². The fourth-order valence-corrected chi connectivity index (χ4v) is 3.52. The second-order valence-corrected chi connectivity index (χ2v) is 6.78. The normalized spacial score (nSPS) is 28.2. The number of amides is 1. The van der Waals surface area contributed by atoms with Crippen molar-refractivity contribution in [1.82, 2.24) is 4.90 Å². The molecule has 0 bridgehead atoms. The number of rotatable bonds is 2. The van der Waals surface area contributed by atoms with Gasteiger partial charge in [-0.1, -0.05) is 36.2 Å². The van der Waals surface area contributed by atoms with Gasteiger partial charge in [-0.05, 0) is 38.7 Å². The molecular formula is C17H23NO2. The molecule has 1 aliphatic heterocycles. The van der Waals surface area contributed by atoms with Gasteiger partial charge in [0.25, 0.3) is 0 Å². The fourth-order valence-electron chi connectivity index (χ4n) is 3.52. The van der Waals surface area contributed by atoms with Gasteiger partial charge in [-0.3, -0.25) is 4.79 Å². The monoisotopic (exact) mass is 273 g/mol. The lowest BCUT2D eigenvalue weighted by Crippen LogP contribution is -2.51. The molecule has 2 fully saturated rings. The van der Waals surface area contributed by atoms with Crippen LogP contribution in [0.15, 0.2) is 24.3 Å². The van der Waals surface area contributed by atoms with Crippen LogP contribution >= 0.6 is 0 Å². The van der Waals surface area contributed by atoms with E-state index in [4.69, 9.17) is 0 Å². The molecule has 1 aromatic carbocycles. The Labute approximate surface area is 120 Å². The summed E-state index contributed by atoms with van der Waals surface area (Å²) in [5.74, 6) is 0.215. The average molecular weight is 273 g/mol. The van der Waals surface area contributed by atoms with E-state index in [-0.39, 0.29) is 11.3 Å². The first-order chi connectivity index (χ1) is 9.43. The number of β-amino-alcohol motifs (C(OH)–C–C–N with tert-alkyl or cyclic N) is 1. The molecule has 3 rings (SSSR count). The number of hydrogen-bond donors (Lipinski definition) is 1. The number of aliphatic hydroxyl groups is 1. The van der Waals surface area contributed by atoms with Crippen molar-refractivity contribution >= 4 is 5.91 Å². The topological polar surface area (TPSA) is 40.5 Å². The molecule has 1 N–H and O–H groups in total. The largest absolute Gasteiger partial charge is 0.388 e. The minimum Gasteiger partial charge on any atom is -0.388 e. The maximum Gasteiger partial charge on any atom is 0.233 e. The van der Waals surface area contributed by atoms with Crippen molar-refractivity contribution in [1.29, 1.82) is 0 Å². The van der Waals surface area contributed by atoms with Crippen LogP contribution in [0.5, 0.6) is 0 Å². The fraction of sp³-hybridized carbons (Fsp3) is 0.588. The first-order valence-corrected chi connectivity index (χ1v) is 7.52. The molecular weight excluding hydrogens is 250 g/mol. The molecule has 1 heterocycles. The zero-order valence-electron chi connectivity index (χ0n) is 12.4. The number of aryl methyl sites for hydroxylation is 1. The SMILES string of the molecule is Cc1cccc(C2(C(=O)N3CCC(C)(O)C3)CCC2)c1. The maximum atomic E-state index is 13.0. The molecule has 1 saturated carbocycles. The van der Waals surface area contributed by atoms with E-state index in [2.05, 4.69) is 25.1 Å². The lowest BCUT2D eigenvalue weighted by atomic mass is 9.63. The Hall–Kier alpha value is -1.35. The predicted molar refractivity (Wildman–Crippen MR) is 78.5 cm³/mol. The summed E-state index contributed by atoms with van der Waals surface area (Å²) in [6.45, 7) is 5.04. The highest BCUT2D eigenvalue weighted by atomic mass is 16.3. The summed E-state index contributed by atoms with van der Waals surface area (Å²) in [6.07, 6.45) is 3.68. The number of nitrogens with zero attached hydrogens (tertiary/aromatic N) is 1. The maximum absolute atomic E-state index is 13.0. The van der Waals surface area contributed by atoms with E-state index in [1.807, 2.05) is 17.9 Å². The zero-order chi connectivity index (χ0) is 14.4. The van der Waals surface area contributed by atoms with Crippen LogP contribution in [-0.2, 0) is 10.2 Å². The molecule has 20 heavy (non-hydrogen) atoms. The van der Waals surface area contributed by atoms with E-state index >= 15 is 0 Å². The quantitative estimate of drug-likeness (QED) is 0.899. The van der Waals surface area contributed by atoms with Crippen molar-refractivity contribution in [3.63, 3.8) is 0 Å². The molecule has 0 radical (unpaired) electrons. The molecule has 0 spiro atoms. The molecule has 1 amide bonds. The van der Waals surface area contributed by atoms with Crippen LogP contribution < -0.4 is 0 Å². The summed E-state index contributed by atoms with van der Waals surface area (Å²) in [7, 11) is 0. The lowest BCUT2D eigenvalue weighted by Gasteiger charge is -2.43. The van der Waals surface area contributed by atoms with Crippen LogP contribution in [0.1, 0.15) is 43.7 Å². The van der Waals surface area contributed by atoms with E-state index in [0.717, 1.165) is 24.8 Å². The summed E-state index contributed by atoms with van der Waals surface area (Å²) in [4.78, 5) is 14.8. The van der Waals surface area contributed by atoms with Crippen LogP contribution in [0.4, 0.5) is 0 Å². The Balaban J connectivity index is 1.88. The van der Waals surface area contributed by atoms with Crippen molar-refractivity contribution in [3.8, 4) is 0 Å². The highest BCUT2D eigenvalue weighted by molar-refractivity contribution is 5.89. The van der Waals surface area contributed by atoms with Gasteiger partial charge >= 0.3 is 0 Å². The summed E-state index contributed by atoms with van der Waals surface area (Å²) in [5.41, 5.74) is 1.31. The van der Waals surface area contributed by atoms with Gasteiger partial charge in [0.05, 0.1) is 11.0 Å². The highest BCUT2D eigenvalue weighted by Crippen LogP contribution is 2.46. The third-order valence-electron chi connectivity index (χ3n) is 4.93. The van der Waals surface area contributed by atoms with E-state index in [1.54, 1.807) is 0 Å². The van der Waals surface area contributed by atoms with Gasteiger partial charge in [-0.15, -0.1) is 0 Å². The predicted octanol–water partition coefficient (Wildman–Crippen LogP) is 2.40. The minimum absolute atomic E-state index is 0.215. The molecule has 2 aliphatic rings. The van der Waals surface area contributed by atoms with Crippen LogP contribution in [0.25, 0.3) is 0 Å². The molecule has 108 valence electrons. The van der Waals surface area contributed by atoms with Crippen molar-refractivity contribution in [3.05, 3.63) is 35.4 Å². The Morgan fingerprint density at radius 3 is 2.55 bits per heavy atom. The summed E-state index contributed by atoms with van der Waals surface area (Å²) in [6, 6.07) is 8.34. The molecule has 0 aromatic heterocycles. The molecule has 1 unspecified atom stereocenters. The second-order valence-electron chi connectivity index (χ2n) is 6.78.